The highest BCUT2D eigenvalue weighted by molar-refractivity contribution is 7.13. The van der Waals surface area contributed by atoms with Gasteiger partial charge in [-0.3, -0.25) is 4.79 Å². The molecule has 0 radical (unpaired) electrons. The summed E-state index contributed by atoms with van der Waals surface area (Å²) in [6, 6.07) is 10.4. The number of hydrogen-bond donors (Lipinski definition) is 1. The Kier molecular flexibility index (Phi) is 5.51. The molecule has 0 saturated carbocycles. The zero-order valence-corrected chi connectivity index (χ0v) is 13.7. The van der Waals surface area contributed by atoms with Crippen molar-refractivity contribution >= 4 is 17.2 Å². The van der Waals surface area contributed by atoms with Crippen molar-refractivity contribution in [1.29, 1.82) is 0 Å². The average Bonchev–Trinajstić information content (AvgIpc) is 2.85. The Morgan fingerprint density at radius 3 is 2.62 bits per heavy atom. The molecule has 0 aliphatic carbocycles. The van der Waals surface area contributed by atoms with E-state index in [9.17, 15) is 4.79 Å². The maximum absolute atomic E-state index is 12.1. The minimum atomic E-state index is 0.00432. The van der Waals surface area contributed by atoms with Gasteiger partial charge in [-0.05, 0) is 24.8 Å². The normalized spacial score (nSPS) is 10.9. The molecule has 0 saturated heterocycles. The van der Waals surface area contributed by atoms with Crippen LogP contribution >= 0.6 is 11.3 Å². The number of nitrogens with zero attached hydrogens (tertiary/aromatic N) is 1. The first-order chi connectivity index (χ1) is 10.1. The Hall–Kier alpha value is -1.68. The molecule has 1 N–H and O–H groups in total. The number of amides is 1. The lowest BCUT2D eigenvalue weighted by Crippen LogP contribution is -2.27. The van der Waals surface area contributed by atoms with E-state index in [1.54, 1.807) is 0 Å². The van der Waals surface area contributed by atoms with Crippen LogP contribution in [0.25, 0.3) is 0 Å². The fourth-order valence-electron chi connectivity index (χ4n) is 2.04. The van der Waals surface area contributed by atoms with Crippen molar-refractivity contribution in [2.45, 2.75) is 33.6 Å². The van der Waals surface area contributed by atoms with Gasteiger partial charge in [0.1, 0.15) is 4.88 Å². The molecule has 1 heterocycles. The highest BCUT2D eigenvalue weighted by Crippen LogP contribution is 2.19. The molecule has 0 spiro atoms. The van der Waals surface area contributed by atoms with Crippen LogP contribution in [0.4, 0.5) is 0 Å². The molecule has 0 bridgehead atoms. The van der Waals surface area contributed by atoms with Crippen LogP contribution < -0.4 is 5.32 Å². The summed E-state index contributed by atoms with van der Waals surface area (Å²) in [4.78, 5) is 17.4. The molecule has 1 aromatic carbocycles. The van der Waals surface area contributed by atoms with Gasteiger partial charge >= 0.3 is 0 Å². The number of hydrogen-bond acceptors (Lipinski definition) is 3. The number of carbonyl (C=O) groups excluding carboxylic acids is 1. The third-order valence-electron chi connectivity index (χ3n) is 3.19. The Morgan fingerprint density at radius 2 is 1.95 bits per heavy atom. The van der Waals surface area contributed by atoms with Crippen LogP contribution in [0.1, 0.15) is 39.8 Å². The van der Waals surface area contributed by atoms with Gasteiger partial charge in [-0.1, -0.05) is 44.2 Å². The van der Waals surface area contributed by atoms with Crippen molar-refractivity contribution in [2.24, 2.45) is 5.92 Å². The third-order valence-corrected chi connectivity index (χ3v) is 4.40. The van der Waals surface area contributed by atoms with Gasteiger partial charge in [-0.25, -0.2) is 4.98 Å². The van der Waals surface area contributed by atoms with E-state index in [1.165, 1.54) is 16.9 Å². The van der Waals surface area contributed by atoms with E-state index in [0.29, 0.717) is 12.5 Å². The van der Waals surface area contributed by atoms with Gasteiger partial charge in [0, 0.05) is 13.0 Å². The summed E-state index contributed by atoms with van der Waals surface area (Å²) in [5.41, 5.74) is 2.14. The smallest absolute Gasteiger partial charge is 0.263 e. The molecule has 2 aromatic rings. The zero-order valence-electron chi connectivity index (χ0n) is 12.8. The van der Waals surface area contributed by atoms with E-state index in [4.69, 9.17) is 0 Å². The largest absolute Gasteiger partial charge is 0.351 e. The summed E-state index contributed by atoms with van der Waals surface area (Å²) in [5, 5.41) is 3.99. The highest BCUT2D eigenvalue weighted by Gasteiger charge is 2.15. The molecule has 3 nitrogen and oxygen atoms in total. The molecule has 1 amide bonds. The summed E-state index contributed by atoms with van der Waals surface area (Å²) < 4.78 is 0. The standard InChI is InChI=1S/C17H22N2OS/c1-12(2)11-18-17(20)16-13(3)19-15(21-16)10-9-14-7-5-4-6-8-14/h4-8,12H,9-11H2,1-3H3,(H,18,20). The summed E-state index contributed by atoms with van der Waals surface area (Å²) in [6.07, 6.45) is 1.84. The fourth-order valence-corrected chi connectivity index (χ4v) is 3.02. The van der Waals surface area contributed by atoms with Crippen molar-refractivity contribution in [1.82, 2.24) is 10.3 Å². The first kappa shape index (κ1) is 15.7. The van der Waals surface area contributed by atoms with Gasteiger partial charge in [0.2, 0.25) is 0 Å². The van der Waals surface area contributed by atoms with Crippen molar-refractivity contribution in [3.05, 3.63) is 51.5 Å². The number of benzene rings is 1. The summed E-state index contributed by atoms with van der Waals surface area (Å²) in [6.45, 7) is 6.79. The van der Waals surface area contributed by atoms with E-state index < -0.39 is 0 Å². The van der Waals surface area contributed by atoms with E-state index in [0.717, 1.165) is 28.4 Å². The van der Waals surface area contributed by atoms with Crippen LogP contribution in [0, 0.1) is 12.8 Å². The van der Waals surface area contributed by atoms with Crippen molar-refractivity contribution in [3.8, 4) is 0 Å². The second kappa shape index (κ2) is 7.36. The monoisotopic (exact) mass is 302 g/mol. The predicted octanol–water partition coefficient (Wildman–Crippen LogP) is 3.62. The lowest BCUT2D eigenvalue weighted by molar-refractivity contribution is 0.0952. The molecule has 112 valence electrons. The van der Waals surface area contributed by atoms with E-state index in [2.05, 4.69) is 36.3 Å². The molecule has 0 aliphatic rings. The quantitative estimate of drug-likeness (QED) is 0.885. The number of rotatable bonds is 6. The predicted molar refractivity (Wildman–Crippen MR) is 87.9 cm³/mol. The zero-order chi connectivity index (χ0) is 15.2. The summed E-state index contributed by atoms with van der Waals surface area (Å²) in [7, 11) is 0. The van der Waals surface area contributed by atoms with Crippen LogP contribution in [0.2, 0.25) is 0 Å². The van der Waals surface area contributed by atoms with Gasteiger partial charge < -0.3 is 5.32 Å². The molecular formula is C17H22N2OS. The Labute approximate surface area is 130 Å². The second-order valence-electron chi connectivity index (χ2n) is 5.61. The molecule has 21 heavy (non-hydrogen) atoms. The van der Waals surface area contributed by atoms with Crippen LogP contribution in [0.5, 0.6) is 0 Å². The Morgan fingerprint density at radius 1 is 1.24 bits per heavy atom. The minimum Gasteiger partial charge on any atom is -0.351 e. The van der Waals surface area contributed by atoms with E-state index in [1.807, 2.05) is 25.1 Å². The Bertz CT molecular complexity index is 590. The van der Waals surface area contributed by atoms with Crippen LogP contribution in [0.3, 0.4) is 0 Å². The highest BCUT2D eigenvalue weighted by atomic mass is 32.1. The average molecular weight is 302 g/mol. The number of aromatic nitrogens is 1. The number of carbonyl (C=O) groups is 1. The summed E-state index contributed by atoms with van der Waals surface area (Å²) >= 11 is 1.52. The molecule has 0 atom stereocenters. The number of nitrogens with one attached hydrogen (secondary N) is 1. The maximum Gasteiger partial charge on any atom is 0.263 e. The number of aryl methyl sites for hydroxylation is 3. The molecular weight excluding hydrogens is 280 g/mol. The second-order valence-corrected chi connectivity index (χ2v) is 6.70. The fraction of sp³-hybridized carbons (Fsp3) is 0.412. The molecule has 0 aliphatic heterocycles. The maximum atomic E-state index is 12.1. The van der Waals surface area contributed by atoms with Gasteiger partial charge in [0.15, 0.2) is 0 Å². The van der Waals surface area contributed by atoms with Crippen molar-refractivity contribution in [2.75, 3.05) is 6.54 Å². The van der Waals surface area contributed by atoms with Gasteiger partial charge in [0.05, 0.1) is 10.7 Å². The first-order valence-corrected chi connectivity index (χ1v) is 8.16. The van der Waals surface area contributed by atoms with Crippen LogP contribution in [0.15, 0.2) is 30.3 Å². The topological polar surface area (TPSA) is 42.0 Å². The van der Waals surface area contributed by atoms with Crippen molar-refractivity contribution < 1.29 is 4.79 Å². The summed E-state index contributed by atoms with van der Waals surface area (Å²) in [5.74, 6) is 0.462. The van der Waals surface area contributed by atoms with Gasteiger partial charge in [-0.15, -0.1) is 11.3 Å². The molecule has 0 unspecified atom stereocenters. The molecule has 0 fully saturated rings. The van der Waals surface area contributed by atoms with Gasteiger partial charge in [0.25, 0.3) is 5.91 Å². The first-order valence-electron chi connectivity index (χ1n) is 7.34. The number of thiazole rings is 1. The van der Waals surface area contributed by atoms with Crippen LogP contribution in [-0.2, 0) is 12.8 Å². The molecule has 4 heteroatoms. The van der Waals surface area contributed by atoms with Gasteiger partial charge in [-0.2, -0.15) is 0 Å². The lowest BCUT2D eigenvalue weighted by atomic mass is 10.1. The van der Waals surface area contributed by atoms with E-state index in [-0.39, 0.29) is 5.91 Å². The SMILES string of the molecule is Cc1nc(CCc2ccccc2)sc1C(=O)NCC(C)C. The third kappa shape index (κ3) is 4.67. The Balaban J connectivity index is 1.97. The van der Waals surface area contributed by atoms with Crippen molar-refractivity contribution in [3.63, 3.8) is 0 Å². The molecule has 1 aromatic heterocycles. The minimum absolute atomic E-state index is 0.00432. The van der Waals surface area contributed by atoms with Crippen LogP contribution in [-0.4, -0.2) is 17.4 Å². The molecule has 2 rings (SSSR count). The van der Waals surface area contributed by atoms with E-state index >= 15 is 0 Å². The lowest BCUT2D eigenvalue weighted by Gasteiger charge is -2.06.